The van der Waals surface area contributed by atoms with E-state index in [0.717, 1.165) is 0 Å². The van der Waals surface area contributed by atoms with Crippen molar-refractivity contribution in [2.24, 2.45) is 0 Å². The molecule has 0 aliphatic heterocycles. The van der Waals surface area contributed by atoms with Gasteiger partial charge in [0, 0.05) is 0 Å². The molecular weight excluding hydrogens is 264 g/mol. The molecule has 0 heterocycles. The molecule has 1 N–H and O–H groups in total. The predicted octanol–water partition coefficient (Wildman–Crippen LogP) is -0.201. The highest BCUT2D eigenvalue weighted by Gasteiger charge is 2.52. The molecule has 0 aromatic rings. The first-order valence-electron chi connectivity index (χ1n) is 5.06. The molecule has 0 saturated heterocycles. The average Bonchev–Trinajstić information content (AvgIpc) is 1.99. The van der Waals surface area contributed by atoms with Gasteiger partial charge >= 0.3 is 4.71 Å². The van der Waals surface area contributed by atoms with E-state index in [-0.39, 0.29) is 0 Å². The van der Waals surface area contributed by atoms with Gasteiger partial charge in [-0.25, -0.2) is 16.8 Å². The summed E-state index contributed by atoms with van der Waals surface area (Å²) in [6.07, 6.45) is 0. The fraction of sp³-hybridized carbons (Fsp3) is 1.00. The van der Waals surface area contributed by atoms with Gasteiger partial charge in [0.15, 0.2) is 0 Å². The molecule has 0 spiro atoms. The molecule has 0 aliphatic carbocycles. The second kappa shape index (κ2) is 4.31. The lowest BCUT2D eigenvalue weighted by Crippen LogP contribution is -2.80. The van der Waals surface area contributed by atoms with Gasteiger partial charge in [-0.2, -0.15) is 0 Å². The SMILES string of the molecule is CC(C)(C)S(=O)(=O)C([NH+]=[N-])S(=O)(=O)C(C)(C)C. The minimum absolute atomic E-state index is 1.29. The predicted molar refractivity (Wildman–Crippen MR) is 65.5 cm³/mol. The molecule has 102 valence electrons. The van der Waals surface area contributed by atoms with Gasteiger partial charge in [-0.05, 0) is 41.5 Å². The van der Waals surface area contributed by atoms with Gasteiger partial charge in [-0.3, -0.25) is 0 Å². The molecule has 0 amide bonds. The summed E-state index contributed by atoms with van der Waals surface area (Å²) >= 11 is 0. The number of rotatable bonds is 3. The summed E-state index contributed by atoms with van der Waals surface area (Å²) < 4.78 is 43.7. The smallest absolute Gasteiger partial charge is 0.341 e. The van der Waals surface area contributed by atoms with Crippen LogP contribution in [-0.4, -0.2) is 31.0 Å². The van der Waals surface area contributed by atoms with Crippen LogP contribution < -0.4 is 5.11 Å². The lowest BCUT2D eigenvalue weighted by atomic mass is 10.3. The molecule has 6 nitrogen and oxygen atoms in total. The van der Waals surface area contributed by atoms with E-state index < -0.39 is 33.9 Å². The summed E-state index contributed by atoms with van der Waals surface area (Å²) in [5.74, 6) is 0. The first-order chi connectivity index (χ1) is 7.19. The summed E-state index contributed by atoms with van der Waals surface area (Å²) in [6, 6.07) is 0. The lowest BCUT2D eigenvalue weighted by Gasteiger charge is -2.26. The minimum Gasteiger partial charge on any atom is -0.507 e. The van der Waals surface area contributed by atoms with Crippen LogP contribution in [-0.2, 0) is 19.7 Å². The highest BCUT2D eigenvalue weighted by molar-refractivity contribution is 8.09. The Balaban J connectivity index is 5.99. The van der Waals surface area contributed by atoms with Crippen LogP contribution in [0.25, 0.3) is 5.53 Å². The Morgan fingerprint density at radius 2 is 1.06 bits per heavy atom. The van der Waals surface area contributed by atoms with Crippen LogP contribution in [0, 0.1) is 0 Å². The third-order valence-electron chi connectivity index (χ3n) is 2.38. The van der Waals surface area contributed by atoms with Crippen LogP contribution in [0.4, 0.5) is 0 Å². The third-order valence-corrected chi connectivity index (χ3v) is 8.65. The average molecular weight is 284 g/mol. The first kappa shape index (κ1) is 16.5. The monoisotopic (exact) mass is 284 g/mol. The standard InChI is InChI=1S/C9H20N2O4S2/c1-8(2,3)16(12,13)7(11-10)17(14,15)9(4,5)6/h7,11H,1-6H3. The maximum atomic E-state index is 12.1. The van der Waals surface area contributed by atoms with Crippen molar-refractivity contribution in [3.63, 3.8) is 0 Å². The van der Waals surface area contributed by atoms with Crippen LogP contribution >= 0.6 is 0 Å². The van der Waals surface area contributed by atoms with Gasteiger partial charge in [-0.1, -0.05) is 0 Å². The molecular formula is C9H20N2O4S2. The summed E-state index contributed by atoms with van der Waals surface area (Å²) in [5.41, 5.74) is 8.92. The molecule has 0 unspecified atom stereocenters. The van der Waals surface area contributed by atoms with Gasteiger partial charge in [-0.15, -0.1) is 0 Å². The van der Waals surface area contributed by atoms with E-state index in [1.165, 1.54) is 46.7 Å². The number of nitrogens with one attached hydrogen (secondary N) is 1. The second-order valence-corrected chi connectivity index (χ2v) is 11.6. The Bertz CT molecular complexity index is 448. The van der Waals surface area contributed by atoms with Gasteiger partial charge < -0.3 is 10.6 Å². The third kappa shape index (κ3) is 2.85. The van der Waals surface area contributed by atoms with Gasteiger partial charge in [0.25, 0.3) is 0 Å². The number of nitrogens with zero attached hydrogens (tertiary/aromatic N) is 1. The lowest BCUT2D eigenvalue weighted by molar-refractivity contribution is -0.475. The molecule has 0 aromatic heterocycles. The Labute approximate surface area is 103 Å². The van der Waals surface area contributed by atoms with E-state index in [4.69, 9.17) is 5.53 Å². The number of hydrogen-bond donors (Lipinski definition) is 1. The van der Waals surface area contributed by atoms with Crippen molar-refractivity contribution in [3.8, 4) is 0 Å². The zero-order chi connectivity index (χ0) is 14.3. The van der Waals surface area contributed by atoms with Crippen LogP contribution in [0.1, 0.15) is 41.5 Å². The second-order valence-electron chi connectivity index (χ2n) is 5.78. The zero-order valence-electron chi connectivity index (χ0n) is 11.0. The fourth-order valence-corrected chi connectivity index (χ4v) is 5.58. The Kier molecular flexibility index (Phi) is 4.18. The molecule has 0 bridgehead atoms. The van der Waals surface area contributed by atoms with Crippen LogP contribution in [0.15, 0.2) is 0 Å². The van der Waals surface area contributed by atoms with Crippen molar-refractivity contribution in [2.75, 3.05) is 0 Å². The van der Waals surface area contributed by atoms with Crippen molar-refractivity contribution in [1.29, 1.82) is 0 Å². The van der Waals surface area contributed by atoms with Crippen LogP contribution in [0.3, 0.4) is 0 Å². The van der Waals surface area contributed by atoms with E-state index in [1.807, 2.05) is 0 Å². The summed E-state index contributed by atoms with van der Waals surface area (Å²) in [5, 5.41) is 1.42. The van der Waals surface area contributed by atoms with Gasteiger partial charge in [0.1, 0.15) is 0 Å². The van der Waals surface area contributed by atoms with E-state index in [0.29, 0.717) is 0 Å². The molecule has 0 fully saturated rings. The molecule has 17 heavy (non-hydrogen) atoms. The van der Waals surface area contributed by atoms with Crippen molar-refractivity contribution < 1.29 is 21.9 Å². The maximum absolute atomic E-state index is 12.1. The highest BCUT2D eigenvalue weighted by atomic mass is 32.3. The van der Waals surface area contributed by atoms with Crippen molar-refractivity contribution >= 4 is 19.7 Å². The normalized spacial score (nSPS) is 15.0. The van der Waals surface area contributed by atoms with E-state index in [2.05, 4.69) is 0 Å². The molecule has 8 heteroatoms. The fourth-order valence-electron chi connectivity index (χ4n) is 0.948. The Morgan fingerprint density at radius 3 is 1.18 bits per heavy atom. The van der Waals surface area contributed by atoms with E-state index >= 15 is 0 Å². The minimum atomic E-state index is -4.08. The largest absolute Gasteiger partial charge is 0.507 e. The maximum Gasteiger partial charge on any atom is 0.341 e. The molecule has 0 rings (SSSR count). The molecule has 0 radical (unpaired) electrons. The molecule has 0 atom stereocenters. The van der Waals surface area contributed by atoms with Crippen molar-refractivity contribution in [1.82, 2.24) is 0 Å². The number of sulfone groups is 2. The Morgan fingerprint density at radius 1 is 0.824 bits per heavy atom. The zero-order valence-corrected chi connectivity index (χ0v) is 12.6. The highest BCUT2D eigenvalue weighted by Crippen LogP contribution is 2.26. The topological polar surface area (TPSA) is 105 Å². The van der Waals surface area contributed by atoms with E-state index in [9.17, 15) is 16.8 Å². The summed E-state index contributed by atoms with van der Waals surface area (Å²) in [7, 11) is -8.16. The quantitative estimate of drug-likeness (QED) is 0.724. The van der Waals surface area contributed by atoms with Crippen LogP contribution in [0.2, 0.25) is 0 Å². The summed E-state index contributed by atoms with van der Waals surface area (Å²) in [4.78, 5) is 0. The van der Waals surface area contributed by atoms with Crippen LogP contribution in [0.5, 0.6) is 0 Å². The first-order valence-corrected chi connectivity index (χ1v) is 8.15. The molecule has 0 aromatic carbocycles. The number of hydrogen-bond acceptors (Lipinski definition) is 4. The Hall–Kier alpha value is -0.500. The summed E-state index contributed by atoms with van der Waals surface area (Å²) in [6.45, 7) is 8.28. The molecule has 0 saturated carbocycles. The van der Waals surface area contributed by atoms with Crippen molar-refractivity contribution in [3.05, 3.63) is 5.53 Å². The van der Waals surface area contributed by atoms with Crippen molar-refractivity contribution in [2.45, 2.75) is 55.7 Å². The van der Waals surface area contributed by atoms with Gasteiger partial charge in [0.2, 0.25) is 19.7 Å². The van der Waals surface area contributed by atoms with Gasteiger partial charge in [0.05, 0.1) is 9.49 Å². The van der Waals surface area contributed by atoms with E-state index in [1.54, 1.807) is 0 Å². The molecule has 0 aliphatic rings.